The van der Waals surface area contributed by atoms with Crippen LogP contribution in [0.3, 0.4) is 0 Å². The summed E-state index contributed by atoms with van der Waals surface area (Å²) in [5.41, 5.74) is 0. The van der Waals surface area contributed by atoms with Crippen LogP contribution in [0.15, 0.2) is 0 Å². The summed E-state index contributed by atoms with van der Waals surface area (Å²) in [6, 6.07) is 0. The summed E-state index contributed by atoms with van der Waals surface area (Å²) in [6.07, 6.45) is 74.9. The second-order valence-electron chi connectivity index (χ2n) is 30.9. The quantitative estimate of drug-likeness (QED) is 0.0222. The van der Waals surface area contributed by atoms with Crippen LogP contribution in [0.5, 0.6) is 0 Å². The minimum absolute atomic E-state index is 0.109. The molecule has 0 aromatic rings. The number of phosphoric acid groups is 2. The lowest BCUT2D eigenvalue weighted by Crippen LogP contribution is -2.30. The van der Waals surface area contributed by atoms with E-state index in [1.165, 1.54) is 302 Å². The summed E-state index contributed by atoms with van der Waals surface area (Å²) < 4.78 is 68.9. The van der Waals surface area contributed by atoms with Crippen molar-refractivity contribution in [3.05, 3.63) is 0 Å². The maximum absolute atomic E-state index is 13.1. The van der Waals surface area contributed by atoms with Gasteiger partial charge in [-0.15, -0.1) is 0 Å². The van der Waals surface area contributed by atoms with Gasteiger partial charge in [0.2, 0.25) is 0 Å². The molecule has 2 unspecified atom stereocenters. The van der Waals surface area contributed by atoms with Crippen LogP contribution in [0.4, 0.5) is 0 Å². The maximum Gasteiger partial charge on any atom is 0.472 e. The van der Waals surface area contributed by atoms with Gasteiger partial charge >= 0.3 is 39.5 Å². The molecule has 0 rings (SSSR count). The van der Waals surface area contributed by atoms with Gasteiger partial charge in [-0.3, -0.25) is 37.3 Å². The van der Waals surface area contributed by atoms with E-state index in [0.29, 0.717) is 25.7 Å². The number of rotatable bonds is 87. The number of phosphoric ester groups is 2. The molecule has 0 fully saturated rings. The summed E-state index contributed by atoms with van der Waals surface area (Å²) in [4.78, 5) is 73.2. The van der Waals surface area contributed by atoms with E-state index < -0.39 is 97.5 Å². The van der Waals surface area contributed by atoms with Crippen molar-refractivity contribution in [2.75, 3.05) is 39.6 Å². The number of ether oxygens (including phenoxy) is 4. The van der Waals surface area contributed by atoms with Gasteiger partial charge < -0.3 is 33.8 Å². The highest BCUT2D eigenvalue weighted by Gasteiger charge is 2.30. The molecule has 3 N–H and O–H groups in total. The van der Waals surface area contributed by atoms with Crippen molar-refractivity contribution >= 4 is 39.5 Å². The molecule has 0 aromatic heterocycles. The van der Waals surface area contributed by atoms with E-state index in [2.05, 4.69) is 27.7 Å². The zero-order chi connectivity index (χ0) is 76.7. The topological polar surface area (TPSA) is 237 Å². The number of aliphatic hydroxyl groups excluding tert-OH is 1. The number of carbonyl (C=O) groups is 4. The first-order valence-corrected chi connectivity index (χ1v) is 47.8. The highest BCUT2D eigenvalue weighted by Crippen LogP contribution is 2.45. The number of hydrogen-bond acceptors (Lipinski definition) is 15. The molecule has 105 heavy (non-hydrogen) atoms. The van der Waals surface area contributed by atoms with E-state index >= 15 is 0 Å². The molecular formula is C86H168O17P2. The summed E-state index contributed by atoms with van der Waals surface area (Å²) in [6.45, 7) is 5.06. The van der Waals surface area contributed by atoms with Crippen molar-refractivity contribution in [2.24, 2.45) is 0 Å². The fourth-order valence-electron chi connectivity index (χ4n) is 13.5. The average Bonchev–Trinajstić information content (AvgIpc) is 0.908. The summed E-state index contributed by atoms with van der Waals surface area (Å²) in [5, 5.41) is 10.7. The average molecular weight is 1540 g/mol. The van der Waals surface area contributed by atoms with Crippen molar-refractivity contribution in [2.45, 2.75) is 489 Å². The Labute approximate surface area is 645 Å². The molecule has 19 heteroatoms. The van der Waals surface area contributed by atoms with Gasteiger partial charge in [-0.1, -0.05) is 419 Å². The normalized spacial score (nSPS) is 13.7. The van der Waals surface area contributed by atoms with Gasteiger partial charge in [0.05, 0.1) is 26.4 Å². The lowest BCUT2D eigenvalue weighted by atomic mass is 10.0. The first-order chi connectivity index (χ1) is 51.2. The maximum atomic E-state index is 13.1. The highest BCUT2D eigenvalue weighted by molar-refractivity contribution is 7.47. The fraction of sp³-hybridized carbons (Fsp3) is 0.953. The third-order valence-electron chi connectivity index (χ3n) is 20.4. The molecule has 0 aromatic carbocycles. The van der Waals surface area contributed by atoms with Crippen LogP contribution in [0.1, 0.15) is 471 Å². The Bertz CT molecular complexity index is 1980. The van der Waals surface area contributed by atoms with Crippen molar-refractivity contribution < 1.29 is 80.2 Å². The molecule has 0 saturated carbocycles. The lowest BCUT2D eigenvalue weighted by molar-refractivity contribution is -0.161. The van der Waals surface area contributed by atoms with Gasteiger partial charge in [0.1, 0.15) is 19.3 Å². The monoisotopic (exact) mass is 1540 g/mol. The predicted molar refractivity (Wildman–Crippen MR) is 432 cm³/mol. The van der Waals surface area contributed by atoms with E-state index in [4.69, 9.17) is 37.0 Å². The third kappa shape index (κ3) is 79.9. The first kappa shape index (κ1) is 103. The highest BCUT2D eigenvalue weighted by atomic mass is 31.2. The Balaban J connectivity index is 5.23. The van der Waals surface area contributed by atoms with Crippen LogP contribution in [0.25, 0.3) is 0 Å². The van der Waals surface area contributed by atoms with Crippen molar-refractivity contribution in [1.82, 2.24) is 0 Å². The number of carbonyl (C=O) groups excluding carboxylic acids is 4. The Morgan fingerprint density at radius 1 is 0.229 bits per heavy atom. The molecular weight excluding hydrogens is 1370 g/mol. The zero-order valence-corrected chi connectivity index (χ0v) is 70.5. The second-order valence-corrected chi connectivity index (χ2v) is 33.8. The summed E-state index contributed by atoms with van der Waals surface area (Å²) in [5.74, 6) is -2.10. The van der Waals surface area contributed by atoms with Crippen LogP contribution in [-0.4, -0.2) is 96.7 Å². The fourth-order valence-corrected chi connectivity index (χ4v) is 15.1. The van der Waals surface area contributed by atoms with Gasteiger partial charge in [-0.05, 0) is 25.7 Å². The Kier molecular flexibility index (Phi) is 78.6. The molecule has 0 saturated heterocycles. The zero-order valence-electron chi connectivity index (χ0n) is 68.7. The van der Waals surface area contributed by atoms with E-state index in [9.17, 15) is 43.2 Å². The molecule has 0 radical (unpaired) electrons. The van der Waals surface area contributed by atoms with Crippen LogP contribution >= 0.6 is 15.6 Å². The Morgan fingerprint density at radius 2 is 0.381 bits per heavy atom. The minimum Gasteiger partial charge on any atom is -0.462 e. The van der Waals surface area contributed by atoms with Gasteiger partial charge in [-0.2, -0.15) is 0 Å². The summed E-state index contributed by atoms with van der Waals surface area (Å²) >= 11 is 0. The number of unbranched alkanes of at least 4 members (excludes halogenated alkanes) is 61. The van der Waals surface area contributed by atoms with Crippen LogP contribution < -0.4 is 0 Å². The van der Waals surface area contributed by atoms with E-state index in [0.717, 1.165) is 89.9 Å². The second kappa shape index (κ2) is 80.1. The standard InChI is InChI=1S/C86H168O17P2/c1-5-9-13-17-21-25-29-32-35-37-39-41-43-46-49-53-57-61-65-69-73-86(91)103-82(77-97-84(89)71-67-63-59-55-51-47-45-42-40-38-36-33-30-26-22-18-14-10-6-2)79-101-105(94,95)99-75-80(87)74-98-104(92,93)100-78-81(76-96-83(88)70-66-62-58-54-50-28-24-20-16-12-8-4)102-85(90)72-68-64-60-56-52-48-44-34-31-27-23-19-15-11-7-3/h80-82,87H,5-79H2,1-4H3,(H,92,93)(H,94,95)/t80-,81+,82+/m0/s1. The lowest BCUT2D eigenvalue weighted by Gasteiger charge is -2.21. The van der Waals surface area contributed by atoms with Crippen molar-refractivity contribution in [3.63, 3.8) is 0 Å². The predicted octanol–water partition coefficient (Wildman–Crippen LogP) is 26.5. The molecule has 0 aliphatic heterocycles. The first-order valence-electron chi connectivity index (χ1n) is 44.8. The Hall–Kier alpha value is -1.94. The molecule has 0 spiro atoms. The Morgan fingerprint density at radius 3 is 0.562 bits per heavy atom. The number of aliphatic hydroxyl groups is 1. The molecule has 0 aliphatic carbocycles. The minimum atomic E-state index is -4.96. The largest absolute Gasteiger partial charge is 0.472 e. The molecule has 0 amide bonds. The summed E-state index contributed by atoms with van der Waals surface area (Å²) in [7, 11) is -9.92. The van der Waals surface area contributed by atoms with E-state index in [1.807, 2.05) is 0 Å². The van der Waals surface area contributed by atoms with Crippen molar-refractivity contribution in [3.8, 4) is 0 Å². The van der Waals surface area contributed by atoms with E-state index in [-0.39, 0.29) is 25.7 Å². The third-order valence-corrected chi connectivity index (χ3v) is 22.3. The van der Waals surface area contributed by atoms with Crippen LogP contribution in [0, 0.1) is 0 Å². The van der Waals surface area contributed by atoms with Gasteiger partial charge in [0.25, 0.3) is 0 Å². The number of esters is 4. The number of hydrogen-bond donors (Lipinski definition) is 3. The van der Waals surface area contributed by atoms with Crippen LogP contribution in [-0.2, 0) is 65.4 Å². The SMILES string of the molecule is CCCCCCCCCCCCCCCCCCCCCCC(=O)O[C@H](COC(=O)CCCCCCCCCCCCCCCCCCCCC)COP(=O)(O)OC[C@@H](O)COP(=O)(O)OC[C@@H](COC(=O)CCCCCCCCCCCCC)OC(=O)CCCCCCCCCCCCCCCCC. The van der Waals surface area contributed by atoms with Crippen LogP contribution in [0.2, 0.25) is 0 Å². The van der Waals surface area contributed by atoms with Crippen molar-refractivity contribution in [1.29, 1.82) is 0 Å². The molecule has 624 valence electrons. The molecule has 5 atom stereocenters. The smallest absolute Gasteiger partial charge is 0.462 e. The molecule has 0 aliphatic rings. The molecule has 17 nitrogen and oxygen atoms in total. The van der Waals surface area contributed by atoms with E-state index in [1.54, 1.807) is 0 Å². The molecule has 0 heterocycles. The van der Waals surface area contributed by atoms with Gasteiger partial charge in [0.15, 0.2) is 12.2 Å². The van der Waals surface area contributed by atoms with Gasteiger partial charge in [0, 0.05) is 25.7 Å². The van der Waals surface area contributed by atoms with Gasteiger partial charge in [-0.25, -0.2) is 9.13 Å². The molecule has 0 bridgehead atoms.